The Kier molecular flexibility index (Phi) is 4.64. The Hall–Kier alpha value is -4.15. The van der Waals surface area contributed by atoms with Gasteiger partial charge in [-0.1, -0.05) is 24.1 Å². The molecule has 0 bridgehead atoms. The van der Waals surface area contributed by atoms with Crippen LogP contribution in [0.1, 0.15) is 65.3 Å². The SMILES string of the molecule is O=C1CCC(N2C(=O)c3cccc(-n4cc(-c5cnn(C6CCCC6)c5)nn4)c3C2=O)C(=O)N1. The summed E-state index contributed by atoms with van der Waals surface area (Å²) in [7, 11) is 0. The molecule has 2 aliphatic heterocycles. The smallest absolute Gasteiger partial charge is 0.264 e. The van der Waals surface area contributed by atoms with Gasteiger partial charge in [0.15, 0.2) is 0 Å². The Balaban J connectivity index is 1.32. The largest absolute Gasteiger partial charge is 0.295 e. The van der Waals surface area contributed by atoms with E-state index in [1.807, 2.05) is 10.9 Å². The van der Waals surface area contributed by atoms with Crippen LogP contribution >= 0.6 is 0 Å². The van der Waals surface area contributed by atoms with Crippen LogP contribution in [-0.2, 0) is 9.59 Å². The number of aromatic nitrogens is 5. The van der Waals surface area contributed by atoms with Gasteiger partial charge in [0, 0.05) is 18.2 Å². The average molecular weight is 459 g/mol. The summed E-state index contributed by atoms with van der Waals surface area (Å²) in [6.45, 7) is 0. The molecule has 11 heteroatoms. The number of imide groups is 2. The molecule has 1 saturated carbocycles. The second-order valence-electron chi connectivity index (χ2n) is 8.84. The Morgan fingerprint density at radius 2 is 1.79 bits per heavy atom. The predicted octanol–water partition coefficient (Wildman–Crippen LogP) is 1.65. The molecule has 1 aliphatic carbocycles. The number of hydrogen-bond donors (Lipinski definition) is 1. The van der Waals surface area contributed by atoms with Crippen molar-refractivity contribution in [2.45, 2.75) is 50.6 Å². The second kappa shape index (κ2) is 7.72. The first-order valence-corrected chi connectivity index (χ1v) is 11.3. The van der Waals surface area contributed by atoms with E-state index in [0.29, 0.717) is 17.4 Å². The van der Waals surface area contributed by atoms with Crippen LogP contribution in [0.25, 0.3) is 16.9 Å². The van der Waals surface area contributed by atoms with Gasteiger partial charge < -0.3 is 0 Å². The maximum atomic E-state index is 13.3. The molecule has 1 N–H and O–H groups in total. The molecule has 0 radical (unpaired) electrons. The van der Waals surface area contributed by atoms with E-state index in [1.165, 1.54) is 17.5 Å². The summed E-state index contributed by atoms with van der Waals surface area (Å²) in [6.07, 6.45) is 10.2. The van der Waals surface area contributed by atoms with Crippen LogP contribution in [0.5, 0.6) is 0 Å². The van der Waals surface area contributed by atoms with E-state index >= 15 is 0 Å². The van der Waals surface area contributed by atoms with Crippen molar-refractivity contribution < 1.29 is 19.2 Å². The zero-order chi connectivity index (χ0) is 23.4. The van der Waals surface area contributed by atoms with Crippen molar-refractivity contribution in [1.29, 1.82) is 0 Å². The lowest BCUT2D eigenvalue weighted by Gasteiger charge is -2.27. The van der Waals surface area contributed by atoms with Crippen molar-refractivity contribution in [2.75, 3.05) is 0 Å². The molecule has 1 aromatic carbocycles. The fourth-order valence-corrected chi connectivity index (χ4v) is 5.04. The van der Waals surface area contributed by atoms with Gasteiger partial charge in [0.2, 0.25) is 11.8 Å². The molecule has 2 fully saturated rings. The molecule has 1 unspecified atom stereocenters. The van der Waals surface area contributed by atoms with Crippen molar-refractivity contribution in [1.82, 2.24) is 35.0 Å². The van der Waals surface area contributed by atoms with Gasteiger partial charge in [0.25, 0.3) is 11.8 Å². The number of carbonyl (C=O) groups is 4. The number of hydrogen-bond acceptors (Lipinski definition) is 7. The highest BCUT2D eigenvalue weighted by atomic mass is 16.2. The molecule has 11 nitrogen and oxygen atoms in total. The molecule has 4 amide bonds. The summed E-state index contributed by atoms with van der Waals surface area (Å²) in [4.78, 5) is 51.2. The summed E-state index contributed by atoms with van der Waals surface area (Å²) < 4.78 is 3.43. The summed E-state index contributed by atoms with van der Waals surface area (Å²) in [6, 6.07) is 4.27. The molecule has 0 spiro atoms. The van der Waals surface area contributed by atoms with Gasteiger partial charge in [0.1, 0.15) is 11.7 Å². The van der Waals surface area contributed by atoms with Crippen LogP contribution in [0.3, 0.4) is 0 Å². The molecule has 6 rings (SSSR count). The van der Waals surface area contributed by atoms with Gasteiger partial charge in [0.05, 0.1) is 35.2 Å². The van der Waals surface area contributed by atoms with Crippen molar-refractivity contribution in [3.05, 3.63) is 47.9 Å². The summed E-state index contributed by atoms with van der Waals surface area (Å²) >= 11 is 0. The number of rotatable bonds is 4. The molecule has 2 aromatic heterocycles. The molecule has 34 heavy (non-hydrogen) atoms. The minimum absolute atomic E-state index is 0.0671. The van der Waals surface area contributed by atoms with Crippen LogP contribution in [0.4, 0.5) is 0 Å². The van der Waals surface area contributed by atoms with E-state index < -0.39 is 29.7 Å². The third kappa shape index (κ3) is 3.15. The lowest BCUT2D eigenvalue weighted by Crippen LogP contribution is -2.54. The van der Waals surface area contributed by atoms with Gasteiger partial charge in [-0.2, -0.15) is 5.10 Å². The maximum absolute atomic E-state index is 13.3. The highest BCUT2D eigenvalue weighted by Crippen LogP contribution is 2.33. The number of piperidine rings is 1. The Labute approximate surface area is 193 Å². The van der Waals surface area contributed by atoms with Crippen LogP contribution in [-0.4, -0.2) is 59.3 Å². The lowest BCUT2D eigenvalue weighted by atomic mass is 10.0. The Morgan fingerprint density at radius 3 is 2.59 bits per heavy atom. The van der Waals surface area contributed by atoms with Crippen LogP contribution in [0.15, 0.2) is 36.8 Å². The quantitative estimate of drug-likeness (QED) is 0.587. The molecule has 4 heterocycles. The highest BCUT2D eigenvalue weighted by molar-refractivity contribution is 6.24. The summed E-state index contributed by atoms with van der Waals surface area (Å²) in [5, 5.41) is 15.1. The van der Waals surface area contributed by atoms with Crippen LogP contribution in [0, 0.1) is 0 Å². The van der Waals surface area contributed by atoms with Crippen molar-refractivity contribution in [3.63, 3.8) is 0 Å². The summed E-state index contributed by atoms with van der Waals surface area (Å²) in [5.74, 6) is -2.20. The average Bonchev–Trinajstić information content (AvgIpc) is 3.62. The van der Waals surface area contributed by atoms with E-state index in [2.05, 4.69) is 20.7 Å². The standard InChI is InChI=1S/C23H21N7O4/c31-19-9-8-18(21(32)25-19)30-22(33)15-6-3-7-17(20(15)23(30)34)29-12-16(26-27-29)13-10-24-28(11-13)14-4-1-2-5-14/h3,6-7,10-12,14,18H,1-2,4-5,8-9H2,(H,25,31,32). The van der Waals surface area contributed by atoms with Crippen molar-refractivity contribution >= 4 is 23.6 Å². The molecule has 1 saturated heterocycles. The number of amides is 4. The van der Waals surface area contributed by atoms with E-state index in [0.717, 1.165) is 23.3 Å². The minimum atomic E-state index is -1.02. The number of benzene rings is 1. The molecular weight excluding hydrogens is 438 g/mol. The zero-order valence-corrected chi connectivity index (χ0v) is 18.2. The van der Waals surface area contributed by atoms with Gasteiger partial charge in [-0.05, 0) is 31.4 Å². The van der Waals surface area contributed by atoms with Gasteiger partial charge >= 0.3 is 0 Å². The maximum Gasteiger partial charge on any atom is 0.264 e. The third-order valence-corrected chi connectivity index (χ3v) is 6.78. The van der Waals surface area contributed by atoms with Gasteiger partial charge in [-0.25, -0.2) is 4.68 Å². The molecule has 1 atom stereocenters. The fraction of sp³-hybridized carbons (Fsp3) is 0.348. The number of nitrogens with zero attached hydrogens (tertiary/aromatic N) is 6. The number of nitrogens with one attached hydrogen (secondary N) is 1. The minimum Gasteiger partial charge on any atom is -0.295 e. The highest BCUT2D eigenvalue weighted by Gasteiger charge is 2.45. The fourth-order valence-electron chi connectivity index (χ4n) is 5.04. The number of carbonyl (C=O) groups excluding carboxylic acids is 4. The predicted molar refractivity (Wildman–Crippen MR) is 117 cm³/mol. The van der Waals surface area contributed by atoms with Crippen LogP contribution in [0.2, 0.25) is 0 Å². The first-order chi connectivity index (χ1) is 16.5. The van der Waals surface area contributed by atoms with Crippen molar-refractivity contribution in [2.24, 2.45) is 0 Å². The van der Waals surface area contributed by atoms with Crippen LogP contribution < -0.4 is 5.32 Å². The Morgan fingerprint density at radius 1 is 0.971 bits per heavy atom. The van der Waals surface area contributed by atoms with E-state index in [-0.39, 0.29) is 24.0 Å². The summed E-state index contributed by atoms with van der Waals surface area (Å²) in [5.41, 5.74) is 2.17. The van der Waals surface area contributed by atoms with E-state index in [9.17, 15) is 19.2 Å². The molecular formula is C23H21N7O4. The van der Waals surface area contributed by atoms with E-state index in [1.54, 1.807) is 30.6 Å². The molecule has 3 aromatic rings. The first kappa shape index (κ1) is 20.5. The van der Waals surface area contributed by atoms with Crippen molar-refractivity contribution in [3.8, 4) is 16.9 Å². The molecule has 172 valence electrons. The van der Waals surface area contributed by atoms with Gasteiger partial charge in [-0.3, -0.25) is 34.1 Å². The third-order valence-electron chi connectivity index (χ3n) is 6.78. The monoisotopic (exact) mass is 459 g/mol. The first-order valence-electron chi connectivity index (χ1n) is 11.3. The topological polar surface area (TPSA) is 132 Å². The van der Waals surface area contributed by atoms with Gasteiger partial charge in [-0.15, -0.1) is 5.10 Å². The normalized spacial score (nSPS) is 20.8. The Bertz CT molecular complexity index is 1350. The zero-order valence-electron chi connectivity index (χ0n) is 18.2. The second-order valence-corrected chi connectivity index (χ2v) is 8.84. The lowest BCUT2D eigenvalue weighted by molar-refractivity contribution is -0.136. The van der Waals surface area contributed by atoms with E-state index in [4.69, 9.17) is 0 Å². The molecule has 3 aliphatic rings. The number of fused-ring (bicyclic) bond motifs is 1.